The Morgan fingerprint density at radius 2 is 1.53 bits per heavy atom. The molecule has 0 aliphatic heterocycles. The van der Waals surface area contributed by atoms with Crippen molar-refractivity contribution in [1.82, 2.24) is 19.5 Å². The van der Waals surface area contributed by atoms with Crippen LogP contribution in [0.25, 0.3) is 11.2 Å². The van der Waals surface area contributed by atoms with Crippen molar-refractivity contribution in [3.8, 4) is 5.75 Å². The molecule has 2 N–H and O–H groups in total. The zero-order valence-corrected chi connectivity index (χ0v) is 20.1. The molecule has 0 aliphatic carbocycles. The third-order valence-corrected chi connectivity index (χ3v) is 5.61. The van der Waals surface area contributed by atoms with Crippen LogP contribution in [0.2, 0.25) is 0 Å². The number of ether oxygens (including phenoxy) is 2. The molecule has 10 nitrogen and oxygen atoms in total. The molecule has 190 valence electrons. The Bertz CT molecular complexity index is 1600. The number of hydrogen-bond acceptors (Lipinski definition) is 7. The minimum atomic E-state index is -0.753. The number of para-hydroxylation sites is 1. The summed E-state index contributed by atoms with van der Waals surface area (Å²) in [6.07, 6.45) is 0.679. The van der Waals surface area contributed by atoms with E-state index in [2.05, 4.69) is 20.3 Å². The van der Waals surface area contributed by atoms with E-state index in [1.54, 1.807) is 77.4 Å². The van der Waals surface area contributed by atoms with Gasteiger partial charge in [-0.25, -0.2) is 9.78 Å². The maximum atomic E-state index is 13.0. The molecule has 0 saturated heterocycles. The minimum Gasteiger partial charge on any atom is -0.490 e. The molecule has 1 unspecified atom stereocenters. The van der Waals surface area contributed by atoms with E-state index in [-0.39, 0.29) is 30.3 Å². The van der Waals surface area contributed by atoms with Crippen molar-refractivity contribution in [3.63, 3.8) is 0 Å². The Labute approximate surface area is 216 Å². The number of carbonyl (C=O) groups excluding carboxylic acids is 2. The standard InChI is InChI=1S/C28H23N5O5/c34-25(19-10-4-1-5-11-19)31-28-30-24-23(26(35)32-28)33(18-29-24)16-22(17-37-21-14-8-3-9-15-21)38-27(36)20-12-6-2-7-13-20/h1-15,18,22H,16-17H2,(H2,30,31,32,34,35). The fourth-order valence-corrected chi connectivity index (χ4v) is 3.80. The second kappa shape index (κ2) is 11.2. The van der Waals surface area contributed by atoms with Crippen LogP contribution in [-0.2, 0) is 11.3 Å². The van der Waals surface area contributed by atoms with Gasteiger partial charge in [0.25, 0.3) is 11.5 Å². The number of nitrogens with one attached hydrogen (secondary N) is 2. The van der Waals surface area contributed by atoms with Crippen molar-refractivity contribution in [3.05, 3.63) is 119 Å². The van der Waals surface area contributed by atoms with Crippen LogP contribution >= 0.6 is 0 Å². The summed E-state index contributed by atoms with van der Waals surface area (Å²) in [5.74, 6) is -0.351. The summed E-state index contributed by atoms with van der Waals surface area (Å²) >= 11 is 0. The molecule has 0 aliphatic rings. The number of H-pyrrole nitrogens is 1. The van der Waals surface area contributed by atoms with E-state index < -0.39 is 23.5 Å². The van der Waals surface area contributed by atoms with E-state index in [0.29, 0.717) is 16.9 Å². The molecule has 0 spiro atoms. The van der Waals surface area contributed by atoms with Crippen molar-refractivity contribution in [2.24, 2.45) is 0 Å². The normalized spacial score (nSPS) is 11.6. The fourth-order valence-electron chi connectivity index (χ4n) is 3.80. The second-order valence-electron chi connectivity index (χ2n) is 8.32. The molecule has 0 fully saturated rings. The number of aromatic amines is 1. The first-order valence-corrected chi connectivity index (χ1v) is 11.8. The summed E-state index contributed by atoms with van der Waals surface area (Å²) < 4.78 is 13.1. The van der Waals surface area contributed by atoms with Gasteiger partial charge in [-0.3, -0.25) is 19.9 Å². The molecule has 10 heteroatoms. The molecule has 2 heterocycles. The molecule has 2 aromatic heterocycles. The highest BCUT2D eigenvalue weighted by molar-refractivity contribution is 6.03. The lowest BCUT2D eigenvalue weighted by molar-refractivity contribution is 0.0128. The predicted molar refractivity (Wildman–Crippen MR) is 140 cm³/mol. The third-order valence-electron chi connectivity index (χ3n) is 5.61. The van der Waals surface area contributed by atoms with Gasteiger partial charge < -0.3 is 14.0 Å². The van der Waals surface area contributed by atoms with Crippen molar-refractivity contribution in [2.45, 2.75) is 12.6 Å². The molecule has 1 amide bonds. The Morgan fingerprint density at radius 3 is 2.21 bits per heavy atom. The molecular weight excluding hydrogens is 486 g/mol. The number of benzene rings is 3. The number of imidazole rings is 1. The van der Waals surface area contributed by atoms with Crippen molar-refractivity contribution in [1.29, 1.82) is 0 Å². The molecule has 5 rings (SSSR count). The van der Waals surface area contributed by atoms with Crippen LogP contribution in [0.4, 0.5) is 5.95 Å². The van der Waals surface area contributed by atoms with Crippen molar-refractivity contribution < 1.29 is 19.1 Å². The maximum absolute atomic E-state index is 13.0. The van der Waals surface area contributed by atoms with Crippen LogP contribution < -0.4 is 15.6 Å². The quantitative estimate of drug-likeness (QED) is 0.290. The highest BCUT2D eigenvalue weighted by Crippen LogP contribution is 2.14. The molecule has 3 aromatic carbocycles. The number of aromatic nitrogens is 4. The fraction of sp³-hybridized carbons (Fsp3) is 0.107. The number of anilines is 1. The third kappa shape index (κ3) is 5.76. The highest BCUT2D eigenvalue weighted by atomic mass is 16.6. The molecule has 0 radical (unpaired) electrons. The van der Waals surface area contributed by atoms with Gasteiger partial charge in [-0.1, -0.05) is 54.6 Å². The molecule has 5 aromatic rings. The first-order chi connectivity index (χ1) is 18.6. The topological polar surface area (TPSA) is 128 Å². The first-order valence-electron chi connectivity index (χ1n) is 11.8. The lowest BCUT2D eigenvalue weighted by Crippen LogP contribution is -2.30. The van der Waals surface area contributed by atoms with Gasteiger partial charge in [-0.15, -0.1) is 0 Å². The number of hydrogen-bond donors (Lipinski definition) is 2. The minimum absolute atomic E-state index is 0.0268. The largest absolute Gasteiger partial charge is 0.490 e. The van der Waals surface area contributed by atoms with Gasteiger partial charge in [0.15, 0.2) is 17.3 Å². The zero-order chi connectivity index (χ0) is 26.3. The molecule has 0 saturated carbocycles. The first kappa shape index (κ1) is 24.4. The van der Waals surface area contributed by atoms with Crippen LogP contribution in [-0.4, -0.2) is 44.1 Å². The second-order valence-corrected chi connectivity index (χ2v) is 8.32. The van der Waals surface area contributed by atoms with E-state index in [4.69, 9.17) is 9.47 Å². The zero-order valence-electron chi connectivity index (χ0n) is 20.1. The van der Waals surface area contributed by atoms with Crippen LogP contribution in [0.3, 0.4) is 0 Å². The number of amides is 1. The number of nitrogens with zero attached hydrogens (tertiary/aromatic N) is 3. The van der Waals surface area contributed by atoms with Crippen molar-refractivity contribution >= 4 is 29.0 Å². The van der Waals surface area contributed by atoms with Gasteiger partial charge >= 0.3 is 5.97 Å². The van der Waals surface area contributed by atoms with E-state index >= 15 is 0 Å². The molecule has 0 bridgehead atoms. The lowest BCUT2D eigenvalue weighted by atomic mass is 10.2. The Kier molecular flexibility index (Phi) is 7.21. The number of fused-ring (bicyclic) bond motifs is 1. The molecule has 1 atom stereocenters. The van der Waals surface area contributed by atoms with E-state index in [1.807, 2.05) is 18.2 Å². The van der Waals surface area contributed by atoms with Gasteiger partial charge in [0.2, 0.25) is 5.95 Å². The molecular formula is C28H23N5O5. The van der Waals surface area contributed by atoms with Crippen LogP contribution in [0.15, 0.2) is 102 Å². The smallest absolute Gasteiger partial charge is 0.338 e. The van der Waals surface area contributed by atoms with Gasteiger partial charge in [0, 0.05) is 5.56 Å². The van der Waals surface area contributed by atoms with Gasteiger partial charge in [0.1, 0.15) is 12.4 Å². The summed E-state index contributed by atoms with van der Waals surface area (Å²) in [4.78, 5) is 49.3. The number of esters is 1. The van der Waals surface area contributed by atoms with Crippen LogP contribution in [0, 0.1) is 0 Å². The average Bonchev–Trinajstić information content (AvgIpc) is 3.36. The van der Waals surface area contributed by atoms with Crippen LogP contribution in [0.1, 0.15) is 20.7 Å². The van der Waals surface area contributed by atoms with E-state index in [1.165, 1.54) is 6.33 Å². The van der Waals surface area contributed by atoms with E-state index in [0.717, 1.165) is 0 Å². The summed E-state index contributed by atoms with van der Waals surface area (Å²) in [5, 5.41) is 2.58. The Morgan fingerprint density at radius 1 is 0.895 bits per heavy atom. The SMILES string of the molecule is O=C(Nc1nc2ncn(CC(COc3ccccc3)OC(=O)c3ccccc3)c2c(=O)[nH]1)c1ccccc1. The Balaban J connectivity index is 1.37. The molecule has 38 heavy (non-hydrogen) atoms. The summed E-state index contributed by atoms with van der Waals surface area (Å²) in [5.41, 5.74) is 0.610. The van der Waals surface area contributed by atoms with E-state index in [9.17, 15) is 14.4 Å². The monoisotopic (exact) mass is 509 g/mol. The summed E-state index contributed by atoms with van der Waals surface area (Å²) in [7, 11) is 0. The van der Waals surface area contributed by atoms with Gasteiger partial charge in [-0.05, 0) is 36.4 Å². The predicted octanol–water partition coefficient (Wildman–Crippen LogP) is 3.68. The van der Waals surface area contributed by atoms with Crippen molar-refractivity contribution in [2.75, 3.05) is 11.9 Å². The van der Waals surface area contributed by atoms with Crippen LogP contribution in [0.5, 0.6) is 5.75 Å². The number of carbonyl (C=O) groups is 2. The highest BCUT2D eigenvalue weighted by Gasteiger charge is 2.21. The summed E-state index contributed by atoms with van der Waals surface area (Å²) in [6.45, 7) is 0.126. The number of rotatable bonds is 9. The van der Waals surface area contributed by atoms with Gasteiger partial charge in [0.05, 0.1) is 18.4 Å². The maximum Gasteiger partial charge on any atom is 0.338 e. The Hall–Kier alpha value is -5.25. The van der Waals surface area contributed by atoms with Gasteiger partial charge in [-0.2, -0.15) is 4.98 Å². The lowest BCUT2D eigenvalue weighted by Gasteiger charge is -2.19. The average molecular weight is 510 g/mol. The summed E-state index contributed by atoms with van der Waals surface area (Å²) in [6, 6.07) is 26.3.